The molecule has 20 heavy (non-hydrogen) atoms. The van der Waals surface area contributed by atoms with Crippen LogP contribution in [0, 0.1) is 13.8 Å². The maximum Gasteiger partial charge on any atom is 0.0418 e. The molecule has 2 bridgehead atoms. The van der Waals surface area contributed by atoms with Gasteiger partial charge in [-0.15, -0.1) is 0 Å². The van der Waals surface area contributed by atoms with Crippen molar-refractivity contribution in [2.24, 2.45) is 5.84 Å². The molecule has 0 saturated carbocycles. The van der Waals surface area contributed by atoms with E-state index in [1.54, 1.807) is 0 Å². The number of aryl methyl sites for hydroxylation is 2. The lowest BCUT2D eigenvalue weighted by atomic mass is 9.93. The molecular formula is C16H26N4. The minimum Gasteiger partial charge on any atom is -0.299 e. The number of nitrogens with one attached hydrogen (secondary N) is 1. The lowest BCUT2D eigenvalue weighted by molar-refractivity contribution is -0.00314. The molecule has 4 rings (SSSR count). The van der Waals surface area contributed by atoms with Crippen molar-refractivity contribution in [2.45, 2.75) is 32.4 Å². The molecule has 3 aliphatic heterocycles. The van der Waals surface area contributed by atoms with Gasteiger partial charge in [0, 0.05) is 44.8 Å². The summed E-state index contributed by atoms with van der Waals surface area (Å²) in [6.07, 6.45) is 1.01. The Morgan fingerprint density at radius 3 is 2.50 bits per heavy atom. The molecule has 2 unspecified atom stereocenters. The Bertz CT molecular complexity index is 466. The first kappa shape index (κ1) is 14.0. The normalized spacial score (nSPS) is 30.4. The van der Waals surface area contributed by atoms with Gasteiger partial charge in [0.1, 0.15) is 0 Å². The molecule has 0 radical (unpaired) electrons. The Kier molecular flexibility index (Phi) is 4.08. The highest BCUT2D eigenvalue weighted by Gasteiger charge is 2.36. The van der Waals surface area contributed by atoms with Gasteiger partial charge in [-0.2, -0.15) is 0 Å². The van der Waals surface area contributed by atoms with Crippen LogP contribution >= 0.6 is 0 Å². The highest BCUT2D eigenvalue weighted by molar-refractivity contribution is 5.30. The predicted octanol–water partition coefficient (Wildman–Crippen LogP) is 0.678. The Morgan fingerprint density at radius 2 is 1.95 bits per heavy atom. The number of hydrogen-bond donors (Lipinski definition) is 2. The van der Waals surface area contributed by atoms with Crippen molar-refractivity contribution in [3.8, 4) is 0 Å². The van der Waals surface area contributed by atoms with E-state index in [0.29, 0.717) is 12.1 Å². The van der Waals surface area contributed by atoms with E-state index in [0.717, 1.165) is 13.0 Å². The van der Waals surface area contributed by atoms with Gasteiger partial charge in [0.25, 0.3) is 0 Å². The Morgan fingerprint density at radius 1 is 1.20 bits per heavy atom. The number of hydrogen-bond acceptors (Lipinski definition) is 4. The van der Waals surface area contributed by atoms with Crippen molar-refractivity contribution < 1.29 is 0 Å². The number of nitrogens with two attached hydrogens (primary N) is 1. The molecule has 3 heterocycles. The van der Waals surface area contributed by atoms with Crippen molar-refractivity contribution >= 4 is 0 Å². The summed E-state index contributed by atoms with van der Waals surface area (Å²) in [5.74, 6) is 5.86. The Balaban J connectivity index is 1.72. The standard InChI is InChI=1S/C16H26N4/c1-12-3-4-14(9-13(12)2)10-15(18-17)16-11-19-5-7-20(16)8-6-19/h3-4,9,15-16,18H,5-8,10-11,17H2,1-2H3. The van der Waals surface area contributed by atoms with Gasteiger partial charge in [-0.25, -0.2) is 0 Å². The van der Waals surface area contributed by atoms with Crippen molar-refractivity contribution in [1.29, 1.82) is 0 Å². The second-order valence-corrected chi connectivity index (χ2v) is 6.30. The summed E-state index contributed by atoms with van der Waals surface area (Å²) < 4.78 is 0. The second-order valence-electron chi connectivity index (χ2n) is 6.30. The van der Waals surface area contributed by atoms with Crippen LogP contribution in [0.3, 0.4) is 0 Å². The van der Waals surface area contributed by atoms with Crippen molar-refractivity contribution in [2.75, 3.05) is 32.7 Å². The quantitative estimate of drug-likeness (QED) is 0.626. The minimum atomic E-state index is 0.334. The van der Waals surface area contributed by atoms with E-state index < -0.39 is 0 Å². The summed E-state index contributed by atoms with van der Waals surface area (Å²) in [4.78, 5) is 5.17. The molecule has 0 aromatic heterocycles. The van der Waals surface area contributed by atoms with Gasteiger partial charge in [0.15, 0.2) is 0 Å². The lowest BCUT2D eigenvalue weighted by Gasteiger charge is -2.50. The summed E-state index contributed by atoms with van der Waals surface area (Å²) in [6, 6.07) is 7.64. The van der Waals surface area contributed by atoms with Gasteiger partial charge in [0.05, 0.1) is 0 Å². The lowest BCUT2D eigenvalue weighted by Crippen LogP contribution is -2.67. The number of nitrogens with zero attached hydrogens (tertiary/aromatic N) is 2. The predicted molar refractivity (Wildman–Crippen MR) is 82.5 cm³/mol. The monoisotopic (exact) mass is 274 g/mol. The summed E-state index contributed by atoms with van der Waals surface area (Å²) in [6.45, 7) is 10.3. The average Bonchev–Trinajstić information content (AvgIpc) is 2.49. The van der Waals surface area contributed by atoms with Crippen molar-refractivity contribution in [3.05, 3.63) is 34.9 Å². The number of hydrazine groups is 1. The highest BCUT2D eigenvalue weighted by atomic mass is 15.4. The molecule has 3 saturated heterocycles. The van der Waals surface area contributed by atoms with Gasteiger partial charge in [-0.3, -0.25) is 21.1 Å². The zero-order valence-electron chi connectivity index (χ0n) is 12.6. The van der Waals surface area contributed by atoms with Gasteiger partial charge in [-0.05, 0) is 37.0 Å². The molecule has 3 aliphatic rings. The van der Waals surface area contributed by atoms with Gasteiger partial charge < -0.3 is 0 Å². The Hall–Kier alpha value is -0.940. The van der Waals surface area contributed by atoms with E-state index >= 15 is 0 Å². The van der Waals surface area contributed by atoms with Crippen LogP contribution in [0.4, 0.5) is 0 Å². The van der Waals surface area contributed by atoms with E-state index in [2.05, 4.69) is 47.3 Å². The maximum atomic E-state index is 5.86. The fourth-order valence-electron chi connectivity index (χ4n) is 3.53. The summed E-state index contributed by atoms with van der Waals surface area (Å²) in [5, 5.41) is 0. The second kappa shape index (κ2) is 5.82. The zero-order chi connectivity index (χ0) is 14.1. The number of fused-ring (bicyclic) bond motifs is 3. The number of benzene rings is 1. The first-order valence-corrected chi connectivity index (χ1v) is 7.66. The molecular weight excluding hydrogens is 248 g/mol. The highest BCUT2D eigenvalue weighted by Crippen LogP contribution is 2.21. The number of piperazine rings is 3. The summed E-state index contributed by atoms with van der Waals surface area (Å²) in [5.41, 5.74) is 7.18. The van der Waals surface area contributed by atoms with Crippen LogP contribution in [0.15, 0.2) is 18.2 Å². The largest absolute Gasteiger partial charge is 0.299 e. The summed E-state index contributed by atoms with van der Waals surface area (Å²) >= 11 is 0. The van der Waals surface area contributed by atoms with Crippen LogP contribution in [-0.4, -0.2) is 54.6 Å². The van der Waals surface area contributed by atoms with Gasteiger partial charge in [0.2, 0.25) is 0 Å². The fraction of sp³-hybridized carbons (Fsp3) is 0.625. The smallest absolute Gasteiger partial charge is 0.0418 e. The van der Waals surface area contributed by atoms with Crippen LogP contribution in [0.5, 0.6) is 0 Å². The third-order valence-electron chi connectivity index (χ3n) is 5.03. The molecule has 3 N–H and O–H groups in total. The Labute approximate surface area is 121 Å². The van der Waals surface area contributed by atoms with E-state index in [4.69, 9.17) is 5.84 Å². The molecule has 4 heteroatoms. The molecule has 3 fully saturated rings. The first-order chi connectivity index (χ1) is 9.67. The van der Waals surface area contributed by atoms with Gasteiger partial charge >= 0.3 is 0 Å². The third-order valence-corrected chi connectivity index (χ3v) is 5.03. The summed E-state index contributed by atoms with van der Waals surface area (Å²) in [7, 11) is 0. The van der Waals surface area contributed by atoms with Crippen LogP contribution in [-0.2, 0) is 6.42 Å². The SMILES string of the molecule is Cc1ccc(CC(NN)C2CN3CCN2CC3)cc1C. The molecule has 110 valence electrons. The van der Waals surface area contributed by atoms with Crippen molar-refractivity contribution in [1.82, 2.24) is 15.2 Å². The van der Waals surface area contributed by atoms with Gasteiger partial charge in [-0.1, -0.05) is 18.2 Å². The molecule has 1 aromatic rings. The molecule has 1 aromatic carbocycles. The van der Waals surface area contributed by atoms with Crippen LogP contribution in [0.25, 0.3) is 0 Å². The van der Waals surface area contributed by atoms with Crippen LogP contribution in [0.2, 0.25) is 0 Å². The molecule has 2 atom stereocenters. The molecule has 0 spiro atoms. The van der Waals surface area contributed by atoms with E-state index in [1.807, 2.05) is 0 Å². The van der Waals surface area contributed by atoms with E-state index in [1.165, 1.54) is 42.9 Å². The minimum absolute atomic E-state index is 0.334. The number of rotatable bonds is 4. The van der Waals surface area contributed by atoms with Crippen LogP contribution in [0.1, 0.15) is 16.7 Å². The fourth-order valence-corrected chi connectivity index (χ4v) is 3.53. The molecule has 0 aliphatic carbocycles. The van der Waals surface area contributed by atoms with E-state index in [-0.39, 0.29) is 0 Å². The van der Waals surface area contributed by atoms with Crippen LogP contribution < -0.4 is 11.3 Å². The molecule has 4 nitrogen and oxygen atoms in total. The maximum absolute atomic E-state index is 5.86. The first-order valence-electron chi connectivity index (χ1n) is 7.66. The zero-order valence-corrected chi connectivity index (χ0v) is 12.6. The average molecular weight is 274 g/mol. The van der Waals surface area contributed by atoms with Crippen molar-refractivity contribution in [3.63, 3.8) is 0 Å². The third kappa shape index (κ3) is 2.74. The van der Waals surface area contributed by atoms with E-state index in [9.17, 15) is 0 Å². The topological polar surface area (TPSA) is 44.5 Å². The molecule has 0 amide bonds.